The van der Waals surface area contributed by atoms with Crippen LogP contribution in [-0.2, 0) is 11.2 Å². The highest BCUT2D eigenvalue weighted by molar-refractivity contribution is 9.10. The Morgan fingerprint density at radius 1 is 1.67 bits per heavy atom. The lowest BCUT2D eigenvalue weighted by molar-refractivity contribution is -0.136. The summed E-state index contributed by atoms with van der Waals surface area (Å²) in [6.07, 6.45) is 1.26. The van der Waals surface area contributed by atoms with E-state index in [4.69, 9.17) is 9.52 Å². The lowest BCUT2D eigenvalue weighted by Crippen LogP contribution is -1.99. The molecule has 0 saturated carbocycles. The van der Waals surface area contributed by atoms with Gasteiger partial charge in [-0.25, -0.2) is 4.98 Å². The van der Waals surface area contributed by atoms with Crippen molar-refractivity contribution in [2.75, 3.05) is 0 Å². The number of halogens is 1. The highest BCUT2D eigenvalue weighted by atomic mass is 79.9. The van der Waals surface area contributed by atoms with Crippen molar-refractivity contribution in [2.45, 2.75) is 6.42 Å². The van der Waals surface area contributed by atoms with Gasteiger partial charge in [-0.05, 0) is 22.0 Å². The summed E-state index contributed by atoms with van der Waals surface area (Å²) in [7, 11) is 0. The summed E-state index contributed by atoms with van der Waals surface area (Å²) in [5, 5.41) is 10.5. The summed E-state index contributed by atoms with van der Waals surface area (Å²) in [6, 6.07) is 1.88. The van der Waals surface area contributed by atoms with Gasteiger partial charge in [-0.1, -0.05) is 0 Å². The summed E-state index contributed by atoms with van der Waals surface area (Å²) < 4.78 is 6.14. The van der Waals surface area contributed by atoms with Crippen molar-refractivity contribution in [1.82, 2.24) is 4.98 Å². The third-order valence-electron chi connectivity index (χ3n) is 1.66. The Kier molecular flexibility index (Phi) is 2.88. The number of aliphatic carboxylic acids is 1. The molecule has 0 aliphatic carbocycles. The van der Waals surface area contributed by atoms with Gasteiger partial charge >= 0.3 is 5.97 Å². The maximum absolute atomic E-state index is 10.4. The van der Waals surface area contributed by atoms with E-state index in [1.807, 2.05) is 11.4 Å². The molecule has 0 aromatic carbocycles. The number of aromatic nitrogens is 1. The number of carboxylic acid groups (broad SMARTS) is 1. The van der Waals surface area contributed by atoms with Crippen LogP contribution in [0.1, 0.15) is 5.69 Å². The molecule has 0 amide bonds. The summed E-state index contributed by atoms with van der Waals surface area (Å²) in [5.74, 6) is -0.454. The molecule has 0 saturated heterocycles. The monoisotopic (exact) mass is 287 g/mol. The summed E-state index contributed by atoms with van der Waals surface area (Å²) >= 11 is 4.81. The number of carboxylic acids is 1. The van der Waals surface area contributed by atoms with E-state index in [2.05, 4.69) is 20.9 Å². The van der Waals surface area contributed by atoms with E-state index in [1.54, 1.807) is 0 Å². The highest BCUT2D eigenvalue weighted by Crippen LogP contribution is 2.29. The average Bonchev–Trinajstić information content (AvgIpc) is 2.72. The topological polar surface area (TPSA) is 63.3 Å². The molecule has 0 fully saturated rings. The second-order valence-electron chi connectivity index (χ2n) is 2.84. The molecule has 1 N–H and O–H groups in total. The minimum absolute atomic E-state index is 0.115. The van der Waals surface area contributed by atoms with E-state index in [0.29, 0.717) is 11.6 Å². The van der Waals surface area contributed by atoms with E-state index in [1.165, 1.54) is 17.6 Å². The molecule has 6 heteroatoms. The second kappa shape index (κ2) is 4.16. The smallest absolute Gasteiger partial charge is 0.309 e. The van der Waals surface area contributed by atoms with Gasteiger partial charge in [0.2, 0.25) is 5.89 Å². The van der Waals surface area contributed by atoms with Crippen molar-refractivity contribution in [2.24, 2.45) is 0 Å². The van der Waals surface area contributed by atoms with Crippen molar-refractivity contribution in [3.05, 3.63) is 27.9 Å². The van der Waals surface area contributed by atoms with Gasteiger partial charge in [0.25, 0.3) is 0 Å². The molecule has 2 heterocycles. The van der Waals surface area contributed by atoms with Crippen LogP contribution in [0.3, 0.4) is 0 Å². The van der Waals surface area contributed by atoms with Gasteiger partial charge in [0.05, 0.1) is 17.0 Å². The Hall–Kier alpha value is -1.14. The minimum atomic E-state index is -0.915. The number of carbonyl (C=O) groups is 1. The quantitative estimate of drug-likeness (QED) is 0.943. The number of hydrogen-bond donors (Lipinski definition) is 1. The van der Waals surface area contributed by atoms with E-state index in [9.17, 15) is 4.79 Å². The number of rotatable bonds is 3. The SMILES string of the molecule is O=C(O)Cc1coc(-c2cc(Br)cs2)n1. The van der Waals surface area contributed by atoms with Crippen molar-refractivity contribution < 1.29 is 14.3 Å². The Morgan fingerprint density at radius 2 is 2.47 bits per heavy atom. The van der Waals surface area contributed by atoms with Gasteiger partial charge in [0.15, 0.2) is 0 Å². The number of nitrogens with zero attached hydrogens (tertiary/aromatic N) is 1. The normalized spacial score (nSPS) is 10.5. The summed E-state index contributed by atoms with van der Waals surface area (Å²) in [6.45, 7) is 0. The zero-order valence-electron chi connectivity index (χ0n) is 7.44. The predicted molar refractivity (Wildman–Crippen MR) is 58.9 cm³/mol. The molecule has 2 aromatic heterocycles. The first-order valence-corrected chi connectivity index (χ1v) is 5.73. The molecular formula is C9H6BrNO3S. The Labute approximate surface area is 97.7 Å². The number of hydrogen-bond acceptors (Lipinski definition) is 4. The van der Waals surface area contributed by atoms with Crippen LogP contribution in [0.25, 0.3) is 10.8 Å². The standard InChI is InChI=1S/C9H6BrNO3S/c10-5-1-7(15-4-5)9-11-6(3-14-9)2-8(12)13/h1,3-4H,2H2,(H,12,13). The van der Waals surface area contributed by atoms with Crippen LogP contribution >= 0.6 is 27.3 Å². The van der Waals surface area contributed by atoms with Crippen LogP contribution in [0.4, 0.5) is 0 Å². The molecule has 0 aliphatic heterocycles. The third kappa shape index (κ3) is 2.45. The zero-order valence-corrected chi connectivity index (χ0v) is 9.84. The molecule has 4 nitrogen and oxygen atoms in total. The summed E-state index contributed by atoms with van der Waals surface area (Å²) in [4.78, 5) is 15.4. The minimum Gasteiger partial charge on any atom is -0.481 e. The molecule has 2 aromatic rings. The molecule has 0 spiro atoms. The Balaban J connectivity index is 2.23. The summed E-state index contributed by atoms with van der Waals surface area (Å²) in [5.41, 5.74) is 0.432. The van der Waals surface area contributed by atoms with Crippen LogP contribution < -0.4 is 0 Å². The predicted octanol–water partition coefficient (Wildman–Crippen LogP) is 2.79. The molecule has 2 rings (SSSR count). The van der Waals surface area contributed by atoms with E-state index in [0.717, 1.165) is 9.35 Å². The van der Waals surface area contributed by atoms with Gasteiger partial charge < -0.3 is 9.52 Å². The Morgan fingerprint density at radius 3 is 3.07 bits per heavy atom. The molecule has 0 unspecified atom stereocenters. The average molecular weight is 288 g/mol. The third-order valence-corrected chi connectivity index (χ3v) is 3.34. The van der Waals surface area contributed by atoms with Crippen LogP contribution in [-0.4, -0.2) is 16.1 Å². The first kappa shape index (κ1) is 10.4. The van der Waals surface area contributed by atoms with Gasteiger partial charge in [0, 0.05) is 9.85 Å². The van der Waals surface area contributed by atoms with E-state index < -0.39 is 5.97 Å². The van der Waals surface area contributed by atoms with E-state index >= 15 is 0 Å². The van der Waals surface area contributed by atoms with Gasteiger partial charge in [-0.2, -0.15) is 0 Å². The van der Waals surface area contributed by atoms with Crippen molar-refractivity contribution in [3.63, 3.8) is 0 Å². The van der Waals surface area contributed by atoms with Gasteiger partial charge in [0.1, 0.15) is 6.26 Å². The molecule has 0 aliphatic rings. The molecule has 0 radical (unpaired) electrons. The van der Waals surface area contributed by atoms with Crippen LogP contribution in [0, 0.1) is 0 Å². The van der Waals surface area contributed by atoms with E-state index in [-0.39, 0.29) is 6.42 Å². The van der Waals surface area contributed by atoms with Crippen molar-refractivity contribution >= 4 is 33.2 Å². The molecule has 15 heavy (non-hydrogen) atoms. The zero-order chi connectivity index (χ0) is 10.8. The fourth-order valence-electron chi connectivity index (χ4n) is 1.08. The number of thiophene rings is 1. The van der Waals surface area contributed by atoms with Crippen LogP contribution in [0.15, 0.2) is 26.6 Å². The van der Waals surface area contributed by atoms with Crippen LogP contribution in [0.5, 0.6) is 0 Å². The fourth-order valence-corrected chi connectivity index (χ4v) is 2.44. The highest BCUT2D eigenvalue weighted by Gasteiger charge is 2.10. The first-order chi connectivity index (χ1) is 7.15. The second-order valence-corrected chi connectivity index (χ2v) is 4.67. The van der Waals surface area contributed by atoms with Crippen molar-refractivity contribution in [1.29, 1.82) is 0 Å². The van der Waals surface area contributed by atoms with Gasteiger partial charge in [-0.15, -0.1) is 11.3 Å². The molecule has 78 valence electrons. The molecule has 0 atom stereocenters. The molecular weight excluding hydrogens is 282 g/mol. The van der Waals surface area contributed by atoms with Gasteiger partial charge in [-0.3, -0.25) is 4.79 Å². The fraction of sp³-hybridized carbons (Fsp3) is 0.111. The van der Waals surface area contributed by atoms with Crippen LogP contribution in [0.2, 0.25) is 0 Å². The number of oxazole rings is 1. The largest absolute Gasteiger partial charge is 0.481 e. The lowest BCUT2D eigenvalue weighted by atomic mass is 10.3. The Bertz CT molecular complexity index is 491. The maximum Gasteiger partial charge on any atom is 0.309 e. The first-order valence-electron chi connectivity index (χ1n) is 4.06. The maximum atomic E-state index is 10.4. The lowest BCUT2D eigenvalue weighted by Gasteiger charge is -1.86. The molecule has 0 bridgehead atoms. The van der Waals surface area contributed by atoms with Crippen molar-refractivity contribution in [3.8, 4) is 10.8 Å².